The van der Waals surface area contributed by atoms with Crippen LogP contribution in [0.1, 0.15) is 38.5 Å². The lowest BCUT2D eigenvalue weighted by Gasteiger charge is -2.52. The summed E-state index contributed by atoms with van der Waals surface area (Å²) >= 11 is 0. The van der Waals surface area contributed by atoms with Crippen LogP contribution in [-0.4, -0.2) is 46.2 Å². The van der Waals surface area contributed by atoms with E-state index in [1.54, 1.807) is 17.1 Å². The highest BCUT2D eigenvalue weighted by Gasteiger charge is 2.54. The van der Waals surface area contributed by atoms with Crippen molar-refractivity contribution in [2.75, 3.05) is 19.7 Å². The number of fused-ring (bicyclic) bond motifs is 3. The van der Waals surface area contributed by atoms with Gasteiger partial charge in [0.1, 0.15) is 5.54 Å². The van der Waals surface area contributed by atoms with E-state index in [2.05, 4.69) is 15.6 Å². The number of amides is 1. The normalized spacial score (nSPS) is 35.3. The van der Waals surface area contributed by atoms with Crippen LogP contribution in [0.25, 0.3) is 0 Å². The topological polar surface area (TPSA) is 95.1 Å². The van der Waals surface area contributed by atoms with Crippen molar-refractivity contribution in [2.45, 2.75) is 49.7 Å². The Morgan fingerprint density at radius 1 is 1.27 bits per heavy atom. The molecule has 22 heavy (non-hydrogen) atoms. The number of nitrogens with one attached hydrogen (secondary N) is 1. The van der Waals surface area contributed by atoms with Crippen LogP contribution in [0, 0.1) is 5.41 Å². The molecule has 0 unspecified atom stereocenters. The maximum absolute atomic E-state index is 12.6. The standard InChI is InChI=1S/C15H23N5O2/c16-9-13-1-3-14(4-2-13,22-11-13)10-17-12(21)15(5-6-15)20-8-7-18-19-20/h7-8H,1-6,9-11,16H2,(H,17,21). The summed E-state index contributed by atoms with van der Waals surface area (Å²) in [5, 5.41) is 10.9. The van der Waals surface area contributed by atoms with Crippen molar-refractivity contribution in [3.05, 3.63) is 12.4 Å². The Kier molecular flexibility index (Phi) is 3.06. The van der Waals surface area contributed by atoms with Gasteiger partial charge in [0.25, 0.3) is 0 Å². The number of rotatable bonds is 5. The van der Waals surface area contributed by atoms with Crippen molar-refractivity contribution in [1.29, 1.82) is 0 Å². The molecule has 2 bridgehead atoms. The lowest BCUT2D eigenvalue weighted by molar-refractivity contribution is -0.179. The summed E-state index contributed by atoms with van der Waals surface area (Å²) in [6, 6.07) is 0. The smallest absolute Gasteiger partial charge is 0.248 e. The first-order valence-electron chi connectivity index (χ1n) is 8.11. The van der Waals surface area contributed by atoms with Crippen molar-refractivity contribution < 1.29 is 9.53 Å². The number of hydrogen-bond donors (Lipinski definition) is 2. The molecule has 0 aromatic carbocycles. The van der Waals surface area contributed by atoms with E-state index in [-0.39, 0.29) is 16.9 Å². The summed E-state index contributed by atoms with van der Waals surface area (Å²) in [6.45, 7) is 2.02. The van der Waals surface area contributed by atoms with E-state index in [9.17, 15) is 4.79 Å². The van der Waals surface area contributed by atoms with E-state index in [4.69, 9.17) is 10.5 Å². The van der Waals surface area contributed by atoms with Crippen LogP contribution in [-0.2, 0) is 15.1 Å². The van der Waals surface area contributed by atoms with Crippen LogP contribution < -0.4 is 11.1 Å². The van der Waals surface area contributed by atoms with Crippen molar-refractivity contribution in [2.24, 2.45) is 11.1 Å². The van der Waals surface area contributed by atoms with E-state index in [1.807, 2.05) is 0 Å². The molecule has 2 aliphatic heterocycles. The van der Waals surface area contributed by atoms with Crippen LogP contribution in [0.3, 0.4) is 0 Å². The molecule has 1 amide bonds. The maximum Gasteiger partial charge on any atom is 0.248 e. The molecule has 2 aliphatic carbocycles. The number of carbonyl (C=O) groups is 1. The fourth-order valence-electron chi connectivity index (χ4n) is 3.84. The number of nitrogens with zero attached hydrogens (tertiary/aromatic N) is 3. The van der Waals surface area contributed by atoms with Gasteiger partial charge in [-0.1, -0.05) is 5.21 Å². The summed E-state index contributed by atoms with van der Waals surface area (Å²) in [5.74, 6) is 0.0391. The van der Waals surface area contributed by atoms with Crippen molar-refractivity contribution in [3.8, 4) is 0 Å². The molecule has 7 heteroatoms. The van der Waals surface area contributed by atoms with Gasteiger partial charge in [0.15, 0.2) is 0 Å². The largest absolute Gasteiger partial charge is 0.373 e. The van der Waals surface area contributed by atoms with E-state index in [1.165, 1.54) is 0 Å². The average Bonchev–Trinajstić information content (AvgIpc) is 3.21. The Labute approximate surface area is 129 Å². The van der Waals surface area contributed by atoms with E-state index < -0.39 is 5.54 Å². The summed E-state index contributed by atoms with van der Waals surface area (Å²) in [7, 11) is 0. The van der Waals surface area contributed by atoms with E-state index in [0.29, 0.717) is 13.1 Å². The quantitative estimate of drug-likeness (QED) is 0.808. The zero-order chi connectivity index (χ0) is 15.3. The minimum Gasteiger partial charge on any atom is -0.373 e. The molecule has 0 atom stereocenters. The summed E-state index contributed by atoms with van der Waals surface area (Å²) in [4.78, 5) is 12.6. The van der Waals surface area contributed by atoms with Gasteiger partial charge in [0, 0.05) is 24.7 Å². The minimum absolute atomic E-state index is 0.0391. The van der Waals surface area contributed by atoms with Gasteiger partial charge in [-0.05, 0) is 38.5 Å². The summed E-state index contributed by atoms with van der Waals surface area (Å²) in [6.07, 6.45) is 9.21. The van der Waals surface area contributed by atoms with E-state index in [0.717, 1.165) is 45.1 Å². The predicted molar refractivity (Wildman–Crippen MR) is 78.9 cm³/mol. The molecule has 3 heterocycles. The van der Waals surface area contributed by atoms with Crippen molar-refractivity contribution in [3.63, 3.8) is 0 Å². The monoisotopic (exact) mass is 305 g/mol. The van der Waals surface area contributed by atoms with Gasteiger partial charge in [-0.15, -0.1) is 5.10 Å². The first-order chi connectivity index (χ1) is 10.6. The van der Waals surface area contributed by atoms with Gasteiger partial charge in [-0.3, -0.25) is 4.79 Å². The molecule has 0 spiro atoms. The second-order valence-corrected chi connectivity index (χ2v) is 7.24. The third-order valence-corrected chi connectivity index (χ3v) is 5.92. The number of carbonyl (C=O) groups excluding carboxylic acids is 1. The van der Waals surface area contributed by atoms with Gasteiger partial charge in [0.2, 0.25) is 5.91 Å². The molecule has 1 aromatic rings. The molecule has 1 aromatic heterocycles. The van der Waals surface area contributed by atoms with Crippen molar-refractivity contribution >= 4 is 5.91 Å². The van der Waals surface area contributed by atoms with Crippen LogP contribution in [0.5, 0.6) is 0 Å². The maximum atomic E-state index is 12.6. The minimum atomic E-state index is -0.516. The molecule has 2 saturated heterocycles. The Balaban J connectivity index is 1.39. The average molecular weight is 305 g/mol. The van der Waals surface area contributed by atoms with Crippen LogP contribution in [0.2, 0.25) is 0 Å². The highest BCUT2D eigenvalue weighted by atomic mass is 16.5. The predicted octanol–water partition coefficient (Wildman–Crippen LogP) is 0.171. The van der Waals surface area contributed by atoms with Crippen LogP contribution in [0.15, 0.2) is 12.4 Å². The van der Waals surface area contributed by atoms with E-state index >= 15 is 0 Å². The molecule has 3 N–H and O–H groups in total. The molecule has 4 fully saturated rings. The Morgan fingerprint density at radius 3 is 2.55 bits per heavy atom. The third kappa shape index (κ3) is 2.06. The number of nitrogens with two attached hydrogens (primary N) is 1. The molecule has 5 rings (SSSR count). The highest BCUT2D eigenvalue weighted by Crippen LogP contribution is 2.48. The summed E-state index contributed by atoms with van der Waals surface area (Å²) < 4.78 is 7.79. The Morgan fingerprint density at radius 2 is 2.05 bits per heavy atom. The number of hydrogen-bond acceptors (Lipinski definition) is 5. The number of ether oxygens (including phenoxy) is 1. The lowest BCUT2D eigenvalue weighted by Crippen LogP contribution is -2.58. The zero-order valence-corrected chi connectivity index (χ0v) is 12.8. The number of aromatic nitrogens is 3. The second kappa shape index (κ2) is 4.76. The first-order valence-corrected chi connectivity index (χ1v) is 8.11. The van der Waals surface area contributed by atoms with Crippen LogP contribution in [0.4, 0.5) is 0 Å². The molecule has 2 saturated carbocycles. The summed E-state index contributed by atoms with van der Waals surface area (Å²) in [5.41, 5.74) is 5.37. The molecular formula is C15H23N5O2. The fourth-order valence-corrected chi connectivity index (χ4v) is 3.84. The lowest BCUT2D eigenvalue weighted by atomic mass is 9.66. The van der Waals surface area contributed by atoms with Crippen molar-refractivity contribution in [1.82, 2.24) is 20.3 Å². The fraction of sp³-hybridized carbons (Fsp3) is 0.800. The SMILES string of the molecule is NCC12CCC(CNC(=O)C3(n4ccnn4)CC3)(CC1)OC2. The van der Waals surface area contributed by atoms with Gasteiger partial charge < -0.3 is 15.8 Å². The molecule has 7 nitrogen and oxygen atoms in total. The highest BCUT2D eigenvalue weighted by molar-refractivity contribution is 5.87. The Bertz CT molecular complexity index is 542. The third-order valence-electron chi connectivity index (χ3n) is 5.92. The van der Waals surface area contributed by atoms with Gasteiger partial charge in [-0.2, -0.15) is 0 Å². The Hall–Kier alpha value is -1.47. The first kappa shape index (κ1) is 14.1. The zero-order valence-electron chi connectivity index (χ0n) is 12.8. The molecule has 120 valence electrons. The molecular weight excluding hydrogens is 282 g/mol. The molecule has 4 aliphatic rings. The van der Waals surface area contributed by atoms with Gasteiger partial charge in [-0.25, -0.2) is 4.68 Å². The second-order valence-electron chi connectivity index (χ2n) is 7.24. The van der Waals surface area contributed by atoms with Crippen LogP contribution >= 0.6 is 0 Å². The van der Waals surface area contributed by atoms with Gasteiger partial charge >= 0.3 is 0 Å². The van der Waals surface area contributed by atoms with Gasteiger partial charge in [0.05, 0.1) is 18.4 Å². The molecule has 0 radical (unpaired) electrons.